The molecule has 3 rings (SSSR count). The fraction of sp³-hybridized carbons (Fsp3) is 0.211. The zero-order valence-corrected chi connectivity index (χ0v) is 15.9. The molecule has 1 aromatic heterocycles. The van der Waals surface area contributed by atoms with E-state index < -0.39 is 23.8 Å². The van der Waals surface area contributed by atoms with E-state index in [1.807, 2.05) is 6.92 Å². The molecule has 0 spiro atoms. The number of halogens is 2. The molecular weight excluding hydrogens is 391 g/mol. The fourth-order valence-corrected chi connectivity index (χ4v) is 3.54. The molecular formula is C19H16Cl2N2O4. The number of hydrogen-bond donors (Lipinski definition) is 1. The lowest BCUT2D eigenvalue weighted by atomic mass is 10.1. The van der Waals surface area contributed by atoms with Crippen LogP contribution in [0.1, 0.15) is 18.1 Å². The molecule has 2 aromatic carbocycles. The van der Waals surface area contributed by atoms with E-state index in [0.29, 0.717) is 32.9 Å². The standard InChI is InChI=1S/C19H16Cl2N2O4/c1-2-11-4-3-5-15-17(11)18(26)23(10-16(24)25)19(27)22(15)9-12-6-7-13(20)8-14(12)21/h3-8H,2,9-10H2,1H3,(H,24,25). The van der Waals surface area contributed by atoms with E-state index >= 15 is 0 Å². The number of aromatic nitrogens is 2. The van der Waals surface area contributed by atoms with Crippen LogP contribution in [0.4, 0.5) is 0 Å². The normalized spacial score (nSPS) is 11.1. The van der Waals surface area contributed by atoms with Crippen molar-refractivity contribution < 1.29 is 9.90 Å². The number of hydrogen-bond acceptors (Lipinski definition) is 3. The van der Waals surface area contributed by atoms with Crippen LogP contribution in [0.5, 0.6) is 0 Å². The summed E-state index contributed by atoms with van der Waals surface area (Å²) in [6.07, 6.45) is 0.569. The highest BCUT2D eigenvalue weighted by Crippen LogP contribution is 2.23. The first-order valence-electron chi connectivity index (χ1n) is 8.24. The Morgan fingerprint density at radius 3 is 2.44 bits per heavy atom. The molecule has 0 amide bonds. The summed E-state index contributed by atoms with van der Waals surface area (Å²) in [7, 11) is 0. The van der Waals surface area contributed by atoms with Gasteiger partial charge in [0.25, 0.3) is 5.56 Å². The first-order valence-corrected chi connectivity index (χ1v) is 9.00. The second-order valence-electron chi connectivity index (χ2n) is 6.05. The van der Waals surface area contributed by atoms with Crippen LogP contribution < -0.4 is 11.2 Å². The van der Waals surface area contributed by atoms with Crippen molar-refractivity contribution in [2.24, 2.45) is 0 Å². The van der Waals surface area contributed by atoms with Gasteiger partial charge in [-0.3, -0.25) is 14.2 Å². The van der Waals surface area contributed by atoms with Crippen LogP contribution in [-0.2, 0) is 24.3 Å². The van der Waals surface area contributed by atoms with E-state index in [1.54, 1.807) is 36.4 Å². The minimum Gasteiger partial charge on any atom is -0.480 e. The molecule has 8 heteroatoms. The molecule has 140 valence electrons. The van der Waals surface area contributed by atoms with Gasteiger partial charge in [0.05, 0.1) is 17.4 Å². The van der Waals surface area contributed by atoms with E-state index in [9.17, 15) is 14.4 Å². The highest BCUT2D eigenvalue weighted by atomic mass is 35.5. The molecule has 1 N–H and O–H groups in total. The molecule has 0 bridgehead atoms. The van der Waals surface area contributed by atoms with Crippen LogP contribution in [0, 0.1) is 0 Å². The summed E-state index contributed by atoms with van der Waals surface area (Å²) in [6, 6.07) is 10.1. The van der Waals surface area contributed by atoms with Crippen molar-refractivity contribution in [3.63, 3.8) is 0 Å². The van der Waals surface area contributed by atoms with E-state index in [0.717, 1.165) is 10.1 Å². The van der Waals surface area contributed by atoms with Gasteiger partial charge in [-0.2, -0.15) is 0 Å². The molecule has 0 aliphatic heterocycles. The number of nitrogens with zero attached hydrogens (tertiary/aromatic N) is 2. The van der Waals surface area contributed by atoms with Gasteiger partial charge in [0.1, 0.15) is 6.54 Å². The summed E-state index contributed by atoms with van der Waals surface area (Å²) in [5.74, 6) is -1.27. The van der Waals surface area contributed by atoms with Crippen LogP contribution in [0.3, 0.4) is 0 Å². The third-order valence-electron chi connectivity index (χ3n) is 4.36. The van der Waals surface area contributed by atoms with Crippen LogP contribution in [-0.4, -0.2) is 20.2 Å². The van der Waals surface area contributed by atoms with E-state index in [2.05, 4.69) is 0 Å². The summed E-state index contributed by atoms with van der Waals surface area (Å²) in [5, 5.41) is 10.3. The van der Waals surface area contributed by atoms with Crippen molar-refractivity contribution >= 4 is 40.1 Å². The second kappa shape index (κ2) is 7.58. The smallest absolute Gasteiger partial charge is 0.332 e. The zero-order valence-electron chi connectivity index (χ0n) is 14.4. The SMILES string of the molecule is CCc1cccc2c1c(=O)n(CC(=O)O)c(=O)n2Cc1ccc(Cl)cc1Cl. The number of carboxylic acid groups (broad SMARTS) is 1. The number of carboxylic acids is 1. The average molecular weight is 407 g/mol. The Labute approximate surface area is 164 Å². The second-order valence-corrected chi connectivity index (χ2v) is 6.90. The molecule has 27 heavy (non-hydrogen) atoms. The van der Waals surface area contributed by atoms with Crippen LogP contribution in [0.25, 0.3) is 10.9 Å². The number of benzene rings is 2. The highest BCUT2D eigenvalue weighted by Gasteiger charge is 2.18. The Bertz CT molecular complexity index is 1160. The molecule has 1 heterocycles. The zero-order chi connectivity index (χ0) is 19.7. The first-order chi connectivity index (χ1) is 12.8. The molecule has 0 unspecified atom stereocenters. The van der Waals surface area contributed by atoms with Crippen molar-refractivity contribution in [2.75, 3.05) is 0 Å². The number of fused-ring (bicyclic) bond motifs is 1. The van der Waals surface area contributed by atoms with Gasteiger partial charge in [0.15, 0.2) is 0 Å². The topological polar surface area (TPSA) is 81.3 Å². The van der Waals surface area contributed by atoms with Crippen molar-refractivity contribution in [3.05, 3.63) is 78.4 Å². The van der Waals surface area contributed by atoms with Gasteiger partial charge in [0.2, 0.25) is 0 Å². The van der Waals surface area contributed by atoms with Crippen molar-refractivity contribution in [1.29, 1.82) is 0 Å². The van der Waals surface area contributed by atoms with E-state index in [-0.39, 0.29) is 6.54 Å². The molecule has 0 fully saturated rings. The monoisotopic (exact) mass is 406 g/mol. The maximum absolute atomic E-state index is 12.9. The Hall–Kier alpha value is -2.57. The minimum atomic E-state index is -1.27. The van der Waals surface area contributed by atoms with E-state index in [1.165, 1.54) is 4.57 Å². The molecule has 0 saturated heterocycles. The summed E-state index contributed by atoms with van der Waals surface area (Å²) < 4.78 is 2.11. The predicted molar refractivity (Wildman–Crippen MR) is 105 cm³/mol. The first kappa shape index (κ1) is 19.2. The van der Waals surface area contributed by atoms with Crippen molar-refractivity contribution in [1.82, 2.24) is 9.13 Å². The number of rotatable bonds is 5. The van der Waals surface area contributed by atoms with Gasteiger partial charge in [-0.05, 0) is 35.7 Å². The quantitative estimate of drug-likeness (QED) is 0.705. The lowest BCUT2D eigenvalue weighted by Crippen LogP contribution is -2.42. The summed E-state index contributed by atoms with van der Waals surface area (Å²) >= 11 is 12.2. The Morgan fingerprint density at radius 2 is 1.81 bits per heavy atom. The number of aryl methyl sites for hydroxylation is 1. The molecule has 0 aliphatic carbocycles. The summed E-state index contributed by atoms with van der Waals surface area (Å²) in [5.41, 5.74) is 0.513. The van der Waals surface area contributed by atoms with Crippen LogP contribution >= 0.6 is 23.2 Å². The van der Waals surface area contributed by atoms with Gasteiger partial charge < -0.3 is 5.11 Å². The third-order valence-corrected chi connectivity index (χ3v) is 4.95. The van der Waals surface area contributed by atoms with Gasteiger partial charge in [0, 0.05) is 10.0 Å². The van der Waals surface area contributed by atoms with Crippen molar-refractivity contribution in [2.45, 2.75) is 26.4 Å². The Kier molecular flexibility index (Phi) is 5.39. The molecule has 0 radical (unpaired) electrons. The fourth-order valence-electron chi connectivity index (χ4n) is 3.07. The van der Waals surface area contributed by atoms with Gasteiger partial charge in [-0.1, -0.05) is 48.3 Å². The largest absolute Gasteiger partial charge is 0.480 e. The maximum Gasteiger partial charge on any atom is 0.332 e. The predicted octanol–water partition coefficient (Wildman–Crippen LogP) is 3.17. The summed E-state index contributed by atoms with van der Waals surface area (Å²) in [6.45, 7) is 1.26. The van der Waals surface area contributed by atoms with Crippen LogP contribution in [0.2, 0.25) is 10.0 Å². The van der Waals surface area contributed by atoms with Gasteiger partial charge >= 0.3 is 11.7 Å². The lowest BCUT2D eigenvalue weighted by Gasteiger charge is -2.15. The lowest BCUT2D eigenvalue weighted by molar-refractivity contribution is -0.137. The number of carbonyl (C=O) groups is 1. The van der Waals surface area contributed by atoms with Gasteiger partial charge in [-0.15, -0.1) is 0 Å². The number of aliphatic carboxylic acids is 1. The van der Waals surface area contributed by atoms with Crippen molar-refractivity contribution in [3.8, 4) is 0 Å². The van der Waals surface area contributed by atoms with Crippen LogP contribution in [0.15, 0.2) is 46.0 Å². The third kappa shape index (κ3) is 3.63. The highest BCUT2D eigenvalue weighted by molar-refractivity contribution is 6.35. The molecule has 0 atom stereocenters. The molecule has 0 aliphatic rings. The molecule has 0 saturated carbocycles. The van der Waals surface area contributed by atoms with E-state index in [4.69, 9.17) is 28.3 Å². The summed E-state index contributed by atoms with van der Waals surface area (Å²) in [4.78, 5) is 36.9. The Balaban J connectivity index is 2.35. The average Bonchev–Trinajstić information content (AvgIpc) is 2.63. The maximum atomic E-state index is 12.9. The Morgan fingerprint density at radius 1 is 1.07 bits per heavy atom. The molecule has 6 nitrogen and oxygen atoms in total. The minimum absolute atomic E-state index is 0.0817. The van der Waals surface area contributed by atoms with Gasteiger partial charge in [-0.25, -0.2) is 9.36 Å². The molecule has 3 aromatic rings.